The van der Waals surface area contributed by atoms with E-state index in [1.165, 1.54) is 14.2 Å². The highest BCUT2D eigenvalue weighted by Crippen LogP contribution is 2.43. The van der Waals surface area contributed by atoms with Crippen molar-refractivity contribution in [1.29, 1.82) is 0 Å². The monoisotopic (exact) mass is 290 g/mol. The largest absolute Gasteiger partial charge is 0.504 e. The van der Waals surface area contributed by atoms with Gasteiger partial charge in [-0.25, -0.2) is 0 Å². The predicted molar refractivity (Wildman–Crippen MR) is 64.3 cm³/mol. The number of phenols is 1. The fourth-order valence-corrected chi connectivity index (χ4v) is 2.03. The molecule has 1 unspecified atom stereocenters. The molecule has 0 heterocycles. The van der Waals surface area contributed by atoms with Gasteiger partial charge in [-0.15, -0.1) is 0 Å². The lowest BCUT2D eigenvalue weighted by Gasteiger charge is -2.15. The zero-order valence-electron chi connectivity index (χ0n) is 9.45. The van der Waals surface area contributed by atoms with Gasteiger partial charge in [-0.1, -0.05) is 15.9 Å². The summed E-state index contributed by atoms with van der Waals surface area (Å²) in [6.45, 7) is 1.66. The first-order chi connectivity index (χ1) is 7.51. The second-order valence-electron chi connectivity index (χ2n) is 3.47. The first-order valence-corrected chi connectivity index (χ1v) is 5.61. The average Bonchev–Trinajstić information content (AvgIpc) is 2.23. The maximum Gasteiger partial charge on any atom is 0.203 e. The summed E-state index contributed by atoms with van der Waals surface area (Å²) in [7, 11) is 2.95. The van der Waals surface area contributed by atoms with Crippen LogP contribution in [0.2, 0.25) is 0 Å². The Labute approximate surface area is 103 Å². The quantitative estimate of drug-likeness (QED) is 0.892. The molecule has 0 fully saturated rings. The Kier molecular flexibility index (Phi) is 4.44. The molecule has 1 atom stereocenters. The molecular weight excluding hydrogens is 276 g/mol. The van der Waals surface area contributed by atoms with Gasteiger partial charge in [-0.3, -0.25) is 0 Å². The van der Waals surface area contributed by atoms with Gasteiger partial charge >= 0.3 is 0 Å². The zero-order valence-corrected chi connectivity index (χ0v) is 11.0. The standard InChI is InChI=1S/C11H15BrO4/c1-6(13)4-7-8(12)5-9(15-2)11(16-3)10(7)14/h5-6,13-14H,4H2,1-3H3. The Morgan fingerprint density at radius 2 is 2.00 bits per heavy atom. The normalized spacial score (nSPS) is 12.3. The van der Waals surface area contributed by atoms with Crippen LogP contribution in [0.5, 0.6) is 17.2 Å². The van der Waals surface area contributed by atoms with Crippen LogP contribution in [0.4, 0.5) is 0 Å². The third-order valence-electron chi connectivity index (χ3n) is 2.19. The van der Waals surface area contributed by atoms with Crippen molar-refractivity contribution in [2.45, 2.75) is 19.4 Å². The van der Waals surface area contributed by atoms with E-state index in [4.69, 9.17) is 9.47 Å². The van der Waals surface area contributed by atoms with Crippen LogP contribution in [0.25, 0.3) is 0 Å². The summed E-state index contributed by atoms with van der Waals surface area (Å²) in [6, 6.07) is 1.70. The van der Waals surface area contributed by atoms with E-state index < -0.39 is 6.10 Å². The molecule has 0 saturated carbocycles. The lowest BCUT2D eigenvalue weighted by Crippen LogP contribution is -2.06. The fraction of sp³-hybridized carbons (Fsp3) is 0.455. The minimum atomic E-state index is -0.541. The number of hydrogen-bond donors (Lipinski definition) is 2. The molecule has 1 aromatic carbocycles. The third-order valence-corrected chi connectivity index (χ3v) is 2.90. The van der Waals surface area contributed by atoms with Crippen LogP contribution in [0, 0.1) is 0 Å². The molecule has 0 aromatic heterocycles. The van der Waals surface area contributed by atoms with E-state index in [-0.39, 0.29) is 11.5 Å². The summed E-state index contributed by atoms with van der Waals surface area (Å²) < 4.78 is 10.8. The van der Waals surface area contributed by atoms with E-state index in [2.05, 4.69) is 15.9 Å². The van der Waals surface area contributed by atoms with Crippen molar-refractivity contribution in [3.05, 3.63) is 16.1 Å². The summed E-state index contributed by atoms with van der Waals surface area (Å²) in [5, 5.41) is 19.3. The van der Waals surface area contributed by atoms with Crippen LogP contribution in [-0.4, -0.2) is 30.5 Å². The smallest absolute Gasteiger partial charge is 0.203 e. The number of phenolic OH excluding ortho intramolecular Hbond substituents is 1. The van der Waals surface area contributed by atoms with Gasteiger partial charge in [0.1, 0.15) is 0 Å². The summed E-state index contributed by atoms with van der Waals surface area (Å²) >= 11 is 3.32. The van der Waals surface area contributed by atoms with Crippen LogP contribution in [-0.2, 0) is 6.42 Å². The number of rotatable bonds is 4. The first kappa shape index (κ1) is 13.1. The molecule has 0 aliphatic heterocycles. The zero-order chi connectivity index (χ0) is 12.3. The van der Waals surface area contributed by atoms with Gasteiger partial charge < -0.3 is 19.7 Å². The molecule has 0 aliphatic carbocycles. The Bertz CT molecular complexity index is 377. The van der Waals surface area contributed by atoms with Crippen molar-refractivity contribution >= 4 is 15.9 Å². The highest BCUT2D eigenvalue weighted by atomic mass is 79.9. The molecule has 1 rings (SSSR count). The number of benzene rings is 1. The van der Waals surface area contributed by atoms with Crippen molar-refractivity contribution in [2.24, 2.45) is 0 Å². The first-order valence-electron chi connectivity index (χ1n) is 4.81. The molecule has 0 spiro atoms. The molecule has 90 valence electrons. The van der Waals surface area contributed by atoms with E-state index in [1.807, 2.05) is 0 Å². The Morgan fingerprint density at radius 1 is 1.38 bits per heavy atom. The number of halogens is 1. The van der Waals surface area contributed by atoms with Crippen molar-refractivity contribution in [3.8, 4) is 17.2 Å². The predicted octanol–water partition coefficient (Wildman–Crippen LogP) is 2.10. The van der Waals surface area contributed by atoms with Gasteiger partial charge in [0.15, 0.2) is 11.5 Å². The van der Waals surface area contributed by atoms with Gasteiger partial charge in [0.05, 0.1) is 20.3 Å². The number of aliphatic hydroxyl groups excluding tert-OH is 1. The van der Waals surface area contributed by atoms with Crippen molar-refractivity contribution < 1.29 is 19.7 Å². The van der Waals surface area contributed by atoms with Crippen molar-refractivity contribution in [3.63, 3.8) is 0 Å². The minimum Gasteiger partial charge on any atom is -0.504 e. The van der Waals surface area contributed by atoms with Gasteiger partial charge in [0, 0.05) is 16.5 Å². The van der Waals surface area contributed by atoms with Crippen LogP contribution < -0.4 is 9.47 Å². The minimum absolute atomic E-state index is 0.00498. The molecule has 0 bridgehead atoms. The summed E-state index contributed by atoms with van der Waals surface area (Å²) in [6.07, 6.45) is -0.201. The van der Waals surface area contributed by atoms with Gasteiger partial charge in [-0.05, 0) is 13.0 Å². The number of hydrogen-bond acceptors (Lipinski definition) is 4. The van der Waals surface area contributed by atoms with Gasteiger partial charge in [0.2, 0.25) is 5.75 Å². The van der Waals surface area contributed by atoms with Crippen LogP contribution in [0.15, 0.2) is 10.5 Å². The molecule has 0 aliphatic rings. The number of aliphatic hydroxyl groups is 1. The lowest BCUT2D eigenvalue weighted by atomic mass is 10.1. The van der Waals surface area contributed by atoms with Crippen LogP contribution in [0.3, 0.4) is 0 Å². The molecular formula is C11H15BrO4. The van der Waals surface area contributed by atoms with E-state index in [9.17, 15) is 10.2 Å². The van der Waals surface area contributed by atoms with Crippen molar-refractivity contribution in [2.75, 3.05) is 14.2 Å². The number of methoxy groups -OCH3 is 2. The maximum atomic E-state index is 9.98. The Hall–Kier alpha value is -0.940. The molecule has 0 amide bonds. The second-order valence-corrected chi connectivity index (χ2v) is 4.33. The summed E-state index contributed by atoms with van der Waals surface area (Å²) in [5.41, 5.74) is 0.604. The highest BCUT2D eigenvalue weighted by Gasteiger charge is 2.18. The number of aromatic hydroxyl groups is 1. The van der Waals surface area contributed by atoms with Gasteiger partial charge in [0.25, 0.3) is 0 Å². The van der Waals surface area contributed by atoms with Crippen LogP contribution in [0.1, 0.15) is 12.5 Å². The van der Waals surface area contributed by atoms with E-state index in [0.717, 1.165) is 0 Å². The summed E-state index contributed by atoms with van der Waals surface area (Å²) in [4.78, 5) is 0. The van der Waals surface area contributed by atoms with Crippen molar-refractivity contribution in [1.82, 2.24) is 0 Å². The SMILES string of the molecule is COc1cc(Br)c(CC(C)O)c(O)c1OC. The Morgan fingerprint density at radius 3 is 2.44 bits per heavy atom. The van der Waals surface area contributed by atoms with Crippen LogP contribution >= 0.6 is 15.9 Å². The highest BCUT2D eigenvalue weighted by molar-refractivity contribution is 9.10. The molecule has 2 N–H and O–H groups in total. The lowest BCUT2D eigenvalue weighted by molar-refractivity contribution is 0.193. The molecule has 1 aromatic rings. The third kappa shape index (κ3) is 2.59. The van der Waals surface area contributed by atoms with E-state index >= 15 is 0 Å². The molecule has 4 nitrogen and oxygen atoms in total. The van der Waals surface area contributed by atoms with E-state index in [1.54, 1.807) is 13.0 Å². The molecule has 16 heavy (non-hydrogen) atoms. The number of ether oxygens (including phenoxy) is 2. The van der Waals surface area contributed by atoms with E-state index in [0.29, 0.717) is 22.2 Å². The average molecular weight is 291 g/mol. The summed E-state index contributed by atoms with van der Waals surface area (Å²) in [5.74, 6) is 0.720. The molecule has 0 radical (unpaired) electrons. The topological polar surface area (TPSA) is 58.9 Å². The fourth-order valence-electron chi connectivity index (χ4n) is 1.47. The molecule has 0 saturated heterocycles. The second kappa shape index (κ2) is 5.41. The molecule has 5 heteroatoms. The maximum absolute atomic E-state index is 9.98. The van der Waals surface area contributed by atoms with Gasteiger partial charge in [-0.2, -0.15) is 0 Å². The Balaban J connectivity index is 3.29.